The number of carbonyl (C=O) groups is 2. The fourth-order valence-corrected chi connectivity index (χ4v) is 3.17. The van der Waals surface area contributed by atoms with E-state index in [2.05, 4.69) is 16.0 Å². The first-order chi connectivity index (χ1) is 15.2. The van der Waals surface area contributed by atoms with Crippen LogP contribution in [0.15, 0.2) is 30.3 Å². The molecule has 0 aliphatic carbocycles. The minimum absolute atomic E-state index is 0.0706. The quantitative estimate of drug-likeness (QED) is 0.278. The molecule has 188 valence electrons. The highest BCUT2D eigenvalue weighted by Crippen LogP contribution is 2.11. The fourth-order valence-electron chi connectivity index (χ4n) is 3.17. The first-order valence-corrected chi connectivity index (χ1v) is 11.7. The van der Waals surface area contributed by atoms with Crippen LogP contribution in [0.2, 0.25) is 0 Å². The normalized spacial score (nSPS) is 14.8. The van der Waals surface area contributed by atoms with Gasteiger partial charge in [0.25, 0.3) is 0 Å². The topological polar surface area (TPSA) is 109 Å². The Balaban J connectivity index is 2.59. The van der Waals surface area contributed by atoms with Crippen LogP contribution < -0.4 is 16.0 Å². The predicted octanol–water partition coefficient (Wildman–Crippen LogP) is 3.48. The van der Waals surface area contributed by atoms with E-state index in [1.165, 1.54) is 0 Å². The number of ether oxygens (including phenoxy) is 2. The Morgan fingerprint density at radius 3 is 2.21 bits per heavy atom. The van der Waals surface area contributed by atoms with Gasteiger partial charge in [-0.2, -0.15) is 0 Å². The van der Waals surface area contributed by atoms with Crippen LogP contribution in [0.4, 0.5) is 4.79 Å². The van der Waals surface area contributed by atoms with Crippen molar-refractivity contribution in [2.75, 3.05) is 6.54 Å². The third-order valence-corrected chi connectivity index (χ3v) is 4.49. The van der Waals surface area contributed by atoms with Crippen LogP contribution in [-0.2, 0) is 20.7 Å². The summed E-state index contributed by atoms with van der Waals surface area (Å²) in [4.78, 5) is 24.7. The van der Waals surface area contributed by atoms with Gasteiger partial charge < -0.3 is 25.2 Å². The SMILES string of the molecule is C[C@@H](Cc1ccccc1)NC(=O)[C@H](CCCCNC(=O)OC(C)(C)C)NC(O)OC(C)(C)C. The first-order valence-electron chi connectivity index (χ1n) is 11.7. The molecule has 0 spiro atoms. The van der Waals surface area contributed by atoms with Gasteiger partial charge in [0.1, 0.15) is 5.60 Å². The van der Waals surface area contributed by atoms with E-state index in [1.54, 1.807) is 0 Å². The van der Waals surface area contributed by atoms with Crippen molar-refractivity contribution in [3.8, 4) is 0 Å². The van der Waals surface area contributed by atoms with Crippen LogP contribution in [0.25, 0.3) is 0 Å². The van der Waals surface area contributed by atoms with Gasteiger partial charge >= 0.3 is 6.09 Å². The smallest absolute Gasteiger partial charge is 0.407 e. The molecule has 0 aliphatic heterocycles. The van der Waals surface area contributed by atoms with E-state index in [1.807, 2.05) is 78.8 Å². The Kier molecular flexibility index (Phi) is 11.8. The molecule has 0 aromatic heterocycles. The number of aliphatic hydroxyl groups excluding tert-OH is 1. The number of unbranched alkanes of at least 4 members (excludes halogenated alkanes) is 1. The second kappa shape index (κ2) is 13.5. The summed E-state index contributed by atoms with van der Waals surface area (Å²) in [7, 11) is 0. The molecule has 1 unspecified atom stereocenters. The molecule has 1 aromatic carbocycles. The lowest BCUT2D eigenvalue weighted by Crippen LogP contribution is -2.52. The van der Waals surface area contributed by atoms with Gasteiger partial charge in [-0.1, -0.05) is 30.3 Å². The summed E-state index contributed by atoms with van der Waals surface area (Å²) < 4.78 is 10.7. The van der Waals surface area contributed by atoms with Gasteiger partial charge in [0.2, 0.25) is 12.3 Å². The third kappa shape index (κ3) is 14.6. The summed E-state index contributed by atoms with van der Waals surface area (Å²) in [5, 5.41) is 18.9. The Hall–Kier alpha value is -2.16. The van der Waals surface area contributed by atoms with Crippen LogP contribution in [0, 0.1) is 0 Å². The molecule has 3 atom stereocenters. The van der Waals surface area contributed by atoms with Gasteiger partial charge in [-0.25, -0.2) is 4.79 Å². The first kappa shape index (κ1) is 28.9. The summed E-state index contributed by atoms with van der Waals surface area (Å²) in [5.41, 5.74) is 0.0292. The fraction of sp³-hybridized carbons (Fsp3) is 0.680. The summed E-state index contributed by atoms with van der Waals surface area (Å²) in [6.45, 7) is 13.3. The highest BCUT2D eigenvalue weighted by molar-refractivity contribution is 5.82. The highest BCUT2D eigenvalue weighted by Gasteiger charge is 2.25. The zero-order valence-electron chi connectivity index (χ0n) is 21.2. The van der Waals surface area contributed by atoms with Crippen molar-refractivity contribution in [2.24, 2.45) is 0 Å². The van der Waals surface area contributed by atoms with E-state index in [-0.39, 0.29) is 11.9 Å². The van der Waals surface area contributed by atoms with Crippen LogP contribution in [0.1, 0.15) is 73.3 Å². The molecule has 1 rings (SSSR count). The number of benzene rings is 1. The average Bonchev–Trinajstić information content (AvgIpc) is 2.64. The second-order valence-electron chi connectivity index (χ2n) is 10.3. The van der Waals surface area contributed by atoms with Crippen LogP contribution in [0.3, 0.4) is 0 Å². The van der Waals surface area contributed by atoms with Gasteiger partial charge in [0.15, 0.2) is 0 Å². The second-order valence-corrected chi connectivity index (χ2v) is 10.3. The minimum Gasteiger partial charge on any atom is -0.444 e. The zero-order chi connectivity index (χ0) is 25.1. The lowest BCUT2D eigenvalue weighted by atomic mass is 10.1. The molecule has 33 heavy (non-hydrogen) atoms. The van der Waals surface area contributed by atoms with E-state index < -0.39 is 29.8 Å². The standard InChI is InChI=1S/C25H43N3O5/c1-18(17-19-13-9-8-10-14-19)27-21(29)20(28-23(31)33-25(5,6)7)15-11-12-16-26-22(30)32-24(2,3)4/h8-10,13-14,18,20,23,28,31H,11-12,15-17H2,1-7H3,(H,26,30)(H,27,29)/t18-,20-,23?/m0/s1. The number of carbonyl (C=O) groups excluding carboxylic acids is 2. The van der Waals surface area contributed by atoms with Gasteiger partial charge in [0.05, 0.1) is 11.6 Å². The molecule has 0 aliphatic rings. The monoisotopic (exact) mass is 465 g/mol. The number of rotatable bonds is 12. The van der Waals surface area contributed by atoms with Gasteiger partial charge in [0, 0.05) is 12.6 Å². The maximum Gasteiger partial charge on any atom is 0.407 e. The molecule has 8 heteroatoms. The Morgan fingerprint density at radius 2 is 1.64 bits per heavy atom. The number of hydrogen-bond acceptors (Lipinski definition) is 6. The molecule has 0 saturated heterocycles. The number of hydrogen-bond donors (Lipinski definition) is 4. The van der Waals surface area contributed by atoms with Crippen molar-refractivity contribution in [3.05, 3.63) is 35.9 Å². The van der Waals surface area contributed by atoms with Gasteiger partial charge in [-0.3, -0.25) is 10.1 Å². The molecule has 0 saturated carbocycles. The minimum atomic E-state index is -1.27. The predicted molar refractivity (Wildman–Crippen MR) is 130 cm³/mol. The molecular weight excluding hydrogens is 422 g/mol. The lowest BCUT2D eigenvalue weighted by Gasteiger charge is -2.28. The van der Waals surface area contributed by atoms with Crippen molar-refractivity contribution in [2.45, 2.75) is 104 Å². The molecule has 0 fully saturated rings. The molecule has 0 radical (unpaired) electrons. The van der Waals surface area contributed by atoms with E-state index in [4.69, 9.17) is 9.47 Å². The summed E-state index contributed by atoms with van der Waals surface area (Å²) in [6.07, 6.45) is 0.783. The Bertz CT molecular complexity index is 713. The molecule has 8 nitrogen and oxygen atoms in total. The summed E-state index contributed by atoms with van der Waals surface area (Å²) >= 11 is 0. The molecule has 4 N–H and O–H groups in total. The third-order valence-electron chi connectivity index (χ3n) is 4.49. The molecule has 1 aromatic rings. The lowest BCUT2D eigenvalue weighted by molar-refractivity contribution is -0.187. The largest absolute Gasteiger partial charge is 0.444 e. The van der Waals surface area contributed by atoms with Crippen LogP contribution >= 0.6 is 0 Å². The van der Waals surface area contributed by atoms with Crippen molar-refractivity contribution in [1.82, 2.24) is 16.0 Å². The zero-order valence-corrected chi connectivity index (χ0v) is 21.2. The Labute approximate surface area is 198 Å². The number of amides is 2. The van der Waals surface area contributed by atoms with Gasteiger partial charge in [-0.15, -0.1) is 0 Å². The van der Waals surface area contributed by atoms with Crippen molar-refractivity contribution < 1.29 is 24.2 Å². The van der Waals surface area contributed by atoms with E-state index in [0.29, 0.717) is 32.2 Å². The molecule has 0 heterocycles. The number of aliphatic hydroxyl groups is 1. The van der Waals surface area contributed by atoms with Crippen molar-refractivity contribution in [1.29, 1.82) is 0 Å². The molecular formula is C25H43N3O5. The molecule has 2 amide bonds. The van der Waals surface area contributed by atoms with E-state index >= 15 is 0 Å². The maximum atomic E-state index is 12.9. The van der Waals surface area contributed by atoms with Crippen LogP contribution in [0.5, 0.6) is 0 Å². The molecule has 0 bridgehead atoms. The van der Waals surface area contributed by atoms with Crippen LogP contribution in [-0.4, -0.2) is 53.4 Å². The Morgan fingerprint density at radius 1 is 1.00 bits per heavy atom. The summed E-state index contributed by atoms with van der Waals surface area (Å²) in [6, 6.07) is 9.25. The average molecular weight is 466 g/mol. The highest BCUT2D eigenvalue weighted by atomic mass is 16.6. The van der Waals surface area contributed by atoms with Gasteiger partial charge in [-0.05, 0) is 79.7 Å². The maximum absolute atomic E-state index is 12.9. The summed E-state index contributed by atoms with van der Waals surface area (Å²) in [5.74, 6) is -0.199. The van der Waals surface area contributed by atoms with Crippen molar-refractivity contribution >= 4 is 12.0 Å². The number of alkyl carbamates (subject to hydrolysis) is 1. The van der Waals surface area contributed by atoms with E-state index in [9.17, 15) is 14.7 Å². The van der Waals surface area contributed by atoms with Crippen molar-refractivity contribution in [3.63, 3.8) is 0 Å². The number of nitrogens with one attached hydrogen (secondary N) is 3. The van der Waals surface area contributed by atoms with E-state index in [0.717, 1.165) is 5.56 Å².